The molecule has 4 aliphatic rings. The summed E-state index contributed by atoms with van der Waals surface area (Å²) < 4.78 is 57.2. The van der Waals surface area contributed by atoms with Gasteiger partial charge in [0.25, 0.3) is 5.91 Å². The number of aromatic amines is 1. The summed E-state index contributed by atoms with van der Waals surface area (Å²) in [5, 5.41) is 2.92. The third-order valence-corrected chi connectivity index (χ3v) is 13.4. The topological polar surface area (TPSA) is 144 Å². The molecule has 55 heavy (non-hydrogen) atoms. The number of H-pyrrole nitrogens is 1. The third-order valence-electron chi connectivity index (χ3n) is 10.9. The molecular formula is C39H34F3N3O8S2. The Balaban J connectivity index is 1.07. The first-order chi connectivity index (χ1) is 26.4. The Morgan fingerprint density at radius 2 is 1.64 bits per heavy atom. The van der Waals surface area contributed by atoms with Crippen molar-refractivity contribution >= 4 is 58.2 Å². The fourth-order valence-electron chi connectivity index (χ4n) is 8.88. The minimum absolute atomic E-state index is 0.0772. The second-order valence-electron chi connectivity index (χ2n) is 13.8. The van der Waals surface area contributed by atoms with E-state index in [0.717, 1.165) is 38.9 Å². The zero-order chi connectivity index (χ0) is 38.8. The number of carbonyl (C=O) groups is 4. The van der Waals surface area contributed by atoms with Crippen molar-refractivity contribution in [3.8, 4) is 11.5 Å². The number of imide groups is 1. The highest BCUT2D eigenvalue weighted by Gasteiger charge is 2.69. The molecule has 11 nitrogen and oxygen atoms in total. The Morgan fingerprint density at radius 1 is 0.909 bits per heavy atom. The number of alkyl halides is 3. The van der Waals surface area contributed by atoms with Crippen LogP contribution in [0, 0.1) is 29.6 Å². The largest absolute Gasteiger partial charge is 0.490 e. The maximum absolute atomic E-state index is 14.2. The van der Waals surface area contributed by atoms with Gasteiger partial charge in [-0.05, 0) is 92.1 Å². The molecule has 1 aromatic heterocycles. The van der Waals surface area contributed by atoms with Gasteiger partial charge in [0.15, 0.2) is 18.1 Å². The SMILES string of the molecule is CCOC(=O)c1ccc(N2C(=O)[C@H]3[C@H]4C[C@@H]([C@@H]3C2=O)[C@@H]2[C@H](c3ccc(OCC(=O)Nc5ccccc5C(F)(F)F)c(OCC)c3)c3sc(=O)[nH]c3S[C@H]42)cc1. The summed E-state index contributed by atoms with van der Waals surface area (Å²) in [5.41, 5.74) is 0.126. The molecule has 1 saturated heterocycles. The van der Waals surface area contributed by atoms with E-state index >= 15 is 0 Å². The van der Waals surface area contributed by atoms with Crippen molar-refractivity contribution in [3.63, 3.8) is 0 Å². The maximum atomic E-state index is 14.2. The van der Waals surface area contributed by atoms with Gasteiger partial charge >= 0.3 is 17.0 Å². The van der Waals surface area contributed by atoms with E-state index in [9.17, 15) is 37.1 Å². The third kappa shape index (κ3) is 6.38. The van der Waals surface area contributed by atoms with E-state index < -0.39 is 42.1 Å². The van der Waals surface area contributed by atoms with Gasteiger partial charge in [0, 0.05) is 16.0 Å². The Hall–Kier alpha value is -5.09. The Morgan fingerprint density at radius 3 is 2.35 bits per heavy atom. The standard InChI is InChI=1S/C39H34F3N3O8S2/c1-3-51-26-15-19(11-14-25(26)53-17-27(46)43-24-8-6-5-7-23(24)39(40,41)42)28-29-21-16-22(32(29)54-34-33(28)55-38(50)44-34)31-30(21)35(47)45(36(31)48)20-12-9-18(10-13-20)37(49)52-4-2/h5-15,21-22,28-32H,3-4,16-17H2,1-2H3,(H,43,46)(H,44,50)/t21-,22-,28+,29-,30+,31+,32-/m1/s1. The summed E-state index contributed by atoms with van der Waals surface area (Å²) >= 11 is 2.66. The second kappa shape index (κ2) is 14.2. The van der Waals surface area contributed by atoms with Crippen molar-refractivity contribution in [3.05, 3.63) is 98.0 Å². The van der Waals surface area contributed by atoms with Crippen LogP contribution in [0.4, 0.5) is 24.5 Å². The van der Waals surface area contributed by atoms with E-state index in [-0.39, 0.29) is 70.3 Å². The van der Waals surface area contributed by atoms with E-state index in [4.69, 9.17) is 14.2 Å². The molecule has 3 amide bonds. The quantitative estimate of drug-likeness (QED) is 0.132. The van der Waals surface area contributed by atoms with Gasteiger partial charge in [0.05, 0.1) is 52.6 Å². The molecule has 4 aromatic rings. The zero-order valence-electron chi connectivity index (χ0n) is 29.4. The van der Waals surface area contributed by atoms with E-state index in [0.29, 0.717) is 23.4 Å². The number of para-hydroxylation sites is 1. The number of ether oxygens (including phenoxy) is 3. The van der Waals surface area contributed by atoms with Crippen LogP contribution in [0.2, 0.25) is 0 Å². The molecule has 286 valence electrons. The fraction of sp³-hybridized carbons (Fsp3) is 0.359. The minimum Gasteiger partial charge on any atom is -0.490 e. The van der Waals surface area contributed by atoms with Crippen molar-refractivity contribution in [2.45, 2.75) is 42.6 Å². The van der Waals surface area contributed by atoms with Crippen molar-refractivity contribution in [2.75, 3.05) is 30.0 Å². The van der Waals surface area contributed by atoms with Gasteiger partial charge in [-0.3, -0.25) is 24.1 Å². The number of hydrogen-bond acceptors (Lipinski definition) is 10. The van der Waals surface area contributed by atoms with Gasteiger partial charge in [-0.15, -0.1) is 11.8 Å². The van der Waals surface area contributed by atoms with Crippen molar-refractivity contribution < 1.29 is 46.6 Å². The van der Waals surface area contributed by atoms with Crippen LogP contribution in [-0.2, 0) is 25.3 Å². The summed E-state index contributed by atoms with van der Waals surface area (Å²) in [6.45, 7) is 3.34. The average Bonchev–Trinajstić information content (AvgIpc) is 3.90. The van der Waals surface area contributed by atoms with Gasteiger partial charge in [0.2, 0.25) is 11.8 Å². The molecule has 3 fully saturated rings. The molecule has 0 unspecified atom stereocenters. The van der Waals surface area contributed by atoms with Crippen molar-refractivity contribution in [2.24, 2.45) is 29.6 Å². The molecule has 2 aliphatic heterocycles. The van der Waals surface area contributed by atoms with Crippen LogP contribution in [0.3, 0.4) is 0 Å². The van der Waals surface area contributed by atoms with E-state index in [1.54, 1.807) is 62.0 Å². The predicted octanol–water partition coefficient (Wildman–Crippen LogP) is 6.73. The summed E-state index contributed by atoms with van der Waals surface area (Å²) in [5.74, 6) is -3.16. The number of aromatic nitrogens is 1. The number of carbonyl (C=O) groups excluding carboxylic acids is 4. The monoisotopic (exact) mass is 793 g/mol. The van der Waals surface area contributed by atoms with Crippen LogP contribution in [0.1, 0.15) is 52.5 Å². The Kier molecular flexibility index (Phi) is 9.52. The highest BCUT2D eigenvalue weighted by atomic mass is 32.2. The number of halogens is 3. The number of benzene rings is 3. The second-order valence-corrected chi connectivity index (χ2v) is 16.0. The Bertz CT molecular complexity index is 2260. The van der Waals surface area contributed by atoms with Crippen LogP contribution < -0.4 is 24.6 Å². The summed E-state index contributed by atoms with van der Waals surface area (Å²) in [7, 11) is 0. The number of anilines is 2. The number of nitrogens with one attached hydrogen (secondary N) is 2. The molecular weight excluding hydrogens is 760 g/mol. The molecule has 7 atom stereocenters. The summed E-state index contributed by atoms with van der Waals surface area (Å²) in [4.78, 5) is 70.8. The Labute approximate surface area is 320 Å². The molecule has 3 aromatic carbocycles. The van der Waals surface area contributed by atoms with E-state index in [1.807, 2.05) is 6.07 Å². The van der Waals surface area contributed by atoms with Crippen LogP contribution in [0.15, 0.2) is 76.6 Å². The number of rotatable bonds is 10. The van der Waals surface area contributed by atoms with Crippen molar-refractivity contribution in [1.82, 2.24) is 4.98 Å². The average molecular weight is 794 g/mol. The number of amides is 3. The molecule has 2 N–H and O–H groups in total. The van der Waals surface area contributed by atoms with Crippen LogP contribution >= 0.6 is 23.1 Å². The lowest BCUT2D eigenvalue weighted by molar-refractivity contribution is -0.137. The van der Waals surface area contributed by atoms with Crippen molar-refractivity contribution in [1.29, 1.82) is 0 Å². The lowest BCUT2D eigenvalue weighted by Gasteiger charge is -2.43. The van der Waals surface area contributed by atoms with Gasteiger partial charge in [-0.1, -0.05) is 29.5 Å². The molecule has 0 spiro atoms. The lowest BCUT2D eigenvalue weighted by Crippen LogP contribution is -2.42. The fourth-order valence-corrected chi connectivity index (χ4v) is 11.8. The first kappa shape index (κ1) is 36.9. The zero-order valence-corrected chi connectivity index (χ0v) is 31.0. The normalized spacial score (nSPS) is 25.0. The van der Waals surface area contributed by atoms with Crippen LogP contribution in [0.25, 0.3) is 0 Å². The number of nitrogens with zero attached hydrogens (tertiary/aromatic N) is 1. The first-order valence-corrected chi connectivity index (χ1v) is 19.5. The summed E-state index contributed by atoms with van der Waals surface area (Å²) in [6, 6.07) is 16.1. The highest BCUT2D eigenvalue weighted by molar-refractivity contribution is 8.00. The van der Waals surface area contributed by atoms with Crippen LogP contribution in [-0.4, -0.2) is 53.7 Å². The van der Waals surface area contributed by atoms with Gasteiger partial charge in [-0.2, -0.15) is 13.2 Å². The summed E-state index contributed by atoms with van der Waals surface area (Å²) in [6.07, 6.45) is -3.99. The number of thiazole rings is 1. The maximum Gasteiger partial charge on any atom is 0.418 e. The van der Waals surface area contributed by atoms with Gasteiger partial charge in [0.1, 0.15) is 0 Å². The molecule has 0 radical (unpaired) electrons. The molecule has 8 rings (SSSR count). The highest BCUT2D eigenvalue weighted by Crippen LogP contribution is 2.69. The minimum atomic E-state index is -4.66. The molecule has 16 heteroatoms. The van der Waals surface area contributed by atoms with E-state index in [1.165, 1.54) is 17.0 Å². The number of hydrogen-bond donors (Lipinski definition) is 2. The molecule has 2 saturated carbocycles. The van der Waals surface area contributed by atoms with Gasteiger partial charge < -0.3 is 24.5 Å². The van der Waals surface area contributed by atoms with E-state index in [2.05, 4.69) is 10.3 Å². The number of esters is 1. The molecule has 2 aliphatic carbocycles. The van der Waals surface area contributed by atoms with Crippen LogP contribution in [0.5, 0.6) is 11.5 Å². The lowest BCUT2D eigenvalue weighted by atomic mass is 9.68. The van der Waals surface area contributed by atoms with Gasteiger partial charge in [-0.25, -0.2) is 4.79 Å². The number of fused-ring (bicyclic) bond motifs is 9. The molecule has 2 bridgehead atoms. The predicted molar refractivity (Wildman–Crippen MR) is 197 cm³/mol. The number of thioether (sulfide) groups is 1. The first-order valence-electron chi connectivity index (χ1n) is 17.8. The molecule has 3 heterocycles. The smallest absolute Gasteiger partial charge is 0.418 e.